The molecule has 0 aliphatic rings. The number of rotatable bonds is 44. The van der Waals surface area contributed by atoms with Gasteiger partial charge in [-0.05, 0) is 89.9 Å². The van der Waals surface area contributed by atoms with Crippen LogP contribution >= 0.6 is 0 Å². The lowest BCUT2D eigenvalue weighted by atomic mass is 10.1. The van der Waals surface area contributed by atoms with Crippen LogP contribution in [0.2, 0.25) is 0 Å². The van der Waals surface area contributed by atoms with Crippen molar-refractivity contribution < 1.29 is 28.6 Å². The van der Waals surface area contributed by atoms with E-state index in [2.05, 4.69) is 93.7 Å². The number of carbonyl (C=O) groups excluding carboxylic acids is 3. The van der Waals surface area contributed by atoms with Gasteiger partial charge >= 0.3 is 17.9 Å². The largest absolute Gasteiger partial charge is 0.462 e. The molecule has 0 aromatic rings. The third-order valence-corrected chi connectivity index (χ3v) is 10.2. The molecule has 372 valence electrons. The van der Waals surface area contributed by atoms with Crippen molar-refractivity contribution in [2.45, 2.75) is 194 Å². The molecule has 0 amide bonds. The topological polar surface area (TPSA) is 78.9 Å². The van der Waals surface area contributed by atoms with Crippen molar-refractivity contribution in [3.8, 4) is 0 Å². The number of unbranched alkanes of at least 4 members (excludes halogenated alkanes) is 15. The molecular weight excluding hydrogens is 829 g/mol. The van der Waals surface area contributed by atoms with Crippen LogP contribution in [0.1, 0.15) is 188 Å². The monoisotopic (exact) mass is 921 g/mol. The van der Waals surface area contributed by atoms with E-state index >= 15 is 0 Å². The zero-order chi connectivity index (χ0) is 48.6. The van der Waals surface area contributed by atoms with Gasteiger partial charge in [0.15, 0.2) is 6.10 Å². The maximum Gasteiger partial charge on any atom is 0.306 e. The van der Waals surface area contributed by atoms with E-state index in [0.29, 0.717) is 12.8 Å². The van der Waals surface area contributed by atoms with Crippen molar-refractivity contribution in [2.75, 3.05) is 13.2 Å². The van der Waals surface area contributed by atoms with Gasteiger partial charge in [0.2, 0.25) is 0 Å². The molecule has 0 spiro atoms. The summed E-state index contributed by atoms with van der Waals surface area (Å²) in [5, 5.41) is 0. The average molecular weight is 921 g/mol. The highest BCUT2D eigenvalue weighted by Gasteiger charge is 2.19. The zero-order valence-corrected chi connectivity index (χ0v) is 42.3. The number of ether oxygens (including phenoxy) is 3. The Kier molecular flexibility index (Phi) is 49.7. The standard InChI is InChI=1S/C61H92O6/c1-4-7-10-13-16-19-22-25-28-30-31-34-36-39-42-45-48-51-54-60(63)66-57-58(56-65-59(62)53-50-47-44-41-38-35-32-27-24-21-18-15-12-9-6-3)67-61(64)55-52-49-46-43-40-37-33-29-26-23-20-17-14-11-8-5-2/h8-13,15-22,24-32,34-35,38,58H,4-7,14,23,33,36-37,39-57H2,1-3H3/b11-8-,12-9-,13-10-,18-15-,19-16-,20-17-,24-21-,25-22-,29-26-,30-28-,32-27-,34-31-,38-35-. The molecule has 0 bridgehead atoms. The first-order chi connectivity index (χ1) is 33.0. The van der Waals surface area contributed by atoms with Crippen LogP contribution < -0.4 is 0 Å². The molecule has 0 saturated heterocycles. The van der Waals surface area contributed by atoms with Gasteiger partial charge in [-0.25, -0.2) is 0 Å². The van der Waals surface area contributed by atoms with Crippen LogP contribution in [0.3, 0.4) is 0 Å². The van der Waals surface area contributed by atoms with Gasteiger partial charge in [0.1, 0.15) is 13.2 Å². The summed E-state index contributed by atoms with van der Waals surface area (Å²) in [6.45, 7) is 6.20. The van der Waals surface area contributed by atoms with Crippen LogP contribution in [0.25, 0.3) is 0 Å². The molecule has 6 heteroatoms. The number of allylic oxidation sites excluding steroid dienone is 26. The summed E-state index contributed by atoms with van der Waals surface area (Å²) in [4.78, 5) is 38.1. The Hall–Kier alpha value is -4.97. The van der Waals surface area contributed by atoms with Crippen LogP contribution in [-0.4, -0.2) is 37.2 Å². The van der Waals surface area contributed by atoms with Crippen molar-refractivity contribution in [1.29, 1.82) is 0 Å². The van der Waals surface area contributed by atoms with Crippen molar-refractivity contribution >= 4 is 17.9 Å². The van der Waals surface area contributed by atoms with Gasteiger partial charge < -0.3 is 14.2 Å². The first-order valence-corrected chi connectivity index (χ1v) is 26.1. The van der Waals surface area contributed by atoms with E-state index in [9.17, 15) is 14.4 Å². The molecule has 1 atom stereocenters. The summed E-state index contributed by atoms with van der Waals surface area (Å²) in [5.74, 6) is -1.01. The average Bonchev–Trinajstić information content (AvgIpc) is 3.33. The van der Waals surface area contributed by atoms with E-state index in [0.717, 1.165) is 128 Å². The fraction of sp³-hybridized carbons (Fsp3) is 0.525. The lowest BCUT2D eigenvalue weighted by molar-refractivity contribution is -0.167. The first kappa shape index (κ1) is 62.0. The molecule has 0 aromatic carbocycles. The fourth-order valence-electron chi connectivity index (χ4n) is 6.39. The number of hydrogen-bond donors (Lipinski definition) is 0. The molecule has 0 aromatic heterocycles. The number of carbonyl (C=O) groups is 3. The Morgan fingerprint density at radius 1 is 0.328 bits per heavy atom. The van der Waals surface area contributed by atoms with Gasteiger partial charge in [0.25, 0.3) is 0 Å². The van der Waals surface area contributed by atoms with Crippen molar-refractivity contribution in [1.82, 2.24) is 0 Å². The molecule has 0 heterocycles. The first-order valence-electron chi connectivity index (χ1n) is 26.1. The van der Waals surface area contributed by atoms with Crippen LogP contribution in [0.4, 0.5) is 0 Å². The molecule has 0 N–H and O–H groups in total. The van der Waals surface area contributed by atoms with Gasteiger partial charge in [0, 0.05) is 19.3 Å². The smallest absolute Gasteiger partial charge is 0.306 e. The van der Waals surface area contributed by atoms with E-state index in [1.807, 2.05) is 85.1 Å². The molecule has 0 saturated carbocycles. The summed E-state index contributed by atoms with van der Waals surface area (Å²) in [7, 11) is 0. The van der Waals surface area contributed by atoms with Crippen molar-refractivity contribution in [3.05, 3.63) is 158 Å². The number of esters is 3. The highest BCUT2D eigenvalue weighted by molar-refractivity contribution is 5.71. The van der Waals surface area contributed by atoms with Gasteiger partial charge in [0.05, 0.1) is 0 Å². The van der Waals surface area contributed by atoms with E-state index in [-0.39, 0.29) is 37.5 Å². The SMILES string of the molecule is CC\C=C/C=C\C=C/C=C\C=C/CCCCCC(=O)OCC(COC(=O)CCCCCCC\C=C/C=C\C=C/C=C\C=C/CCC)OC(=O)CCCCCCCC/C=C\C/C=C\C/C=C\CC. The normalized spacial score (nSPS) is 13.4. The van der Waals surface area contributed by atoms with E-state index in [1.165, 1.54) is 19.3 Å². The predicted octanol–water partition coefficient (Wildman–Crippen LogP) is 17.4. The number of hydrogen-bond acceptors (Lipinski definition) is 6. The molecule has 0 rings (SSSR count). The van der Waals surface area contributed by atoms with Crippen LogP contribution in [0.5, 0.6) is 0 Å². The molecule has 0 aliphatic carbocycles. The lowest BCUT2D eigenvalue weighted by Crippen LogP contribution is -2.30. The molecular formula is C61H92O6. The second kappa shape index (κ2) is 53.6. The highest BCUT2D eigenvalue weighted by Crippen LogP contribution is 2.13. The zero-order valence-electron chi connectivity index (χ0n) is 42.3. The van der Waals surface area contributed by atoms with Crippen LogP contribution in [0.15, 0.2) is 158 Å². The molecule has 67 heavy (non-hydrogen) atoms. The minimum absolute atomic E-state index is 0.119. The van der Waals surface area contributed by atoms with Gasteiger partial charge in [-0.3, -0.25) is 14.4 Å². The summed E-state index contributed by atoms with van der Waals surface area (Å²) >= 11 is 0. The van der Waals surface area contributed by atoms with Crippen molar-refractivity contribution in [3.63, 3.8) is 0 Å². The molecule has 1 unspecified atom stereocenters. The van der Waals surface area contributed by atoms with Gasteiger partial charge in [-0.15, -0.1) is 0 Å². The maximum atomic E-state index is 12.8. The van der Waals surface area contributed by atoms with Crippen LogP contribution in [-0.2, 0) is 28.6 Å². The van der Waals surface area contributed by atoms with Gasteiger partial charge in [-0.1, -0.05) is 237 Å². The van der Waals surface area contributed by atoms with Crippen LogP contribution in [0, 0.1) is 0 Å². The predicted molar refractivity (Wildman–Crippen MR) is 288 cm³/mol. The minimum Gasteiger partial charge on any atom is -0.462 e. The quantitative estimate of drug-likeness (QED) is 0.0199. The summed E-state index contributed by atoms with van der Waals surface area (Å²) in [6.07, 6.45) is 77.8. The molecule has 6 nitrogen and oxygen atoms in total. The third-order valence-electron chi connectivity index (χ3n) is 10.2. The van der Waals surface area contributed by atoms with Gasteiger partial charge in [-0.2, -0.15) is 0 Å². The fourth-order valence-corrected chi connectivity index (χ4v) is 6.39. The Morgan fingerprint density at radius 2 is 0.657 bits per heavy atom. The Bertz CT molecular complexity index is 1570. The molecule has 0 fully saturated rings. The molecule has 0 aliphatic heterocycles. The van der Waals surface area contributed by atoms with Crippen molar-refractivity contribution in [2.24, 2.45) is 0 Å². The Labute approximate surface area is 409 Å². The summed E-state index contributed by atoms with van der Waals surface area (Å²) < 4.78 is 16.7. The van der Waals surface area contributed by atoms with E-state index in [4.69, 9.17) is 14.2 Å². The summed E-state index contributed by atoms with van der Waals surface area (Å²) in [5.41, 5.74) is 0. The minimum atomic E-state index is -0.822. The maximum absolute atomic E-state index is 12.8. The second-order valence-corrected chi connectivity index (χ2v) is 16.6. The Balaban J connectivity index is 4.58. The second-order valence-electron chi connectivity index (χ2n) is 16.6. The van der Waals surface area contributed by atoms with E-state index in [1.54, 1.807) is 0 Å². The highest BCUT2D eigenvalue weighted by atomic mass is 16.6. The Morgan fingerprint density at radius 3 is 1.10 bits per heavy atom. The lowest BCUT2D eigenvalue weighted by Gasteiger charge is -2.18. The molecule has 0 radical (unpaired) electrons. The summed E-state index contributed by atoms with van der Waals surface area (Å²) in [6, 6.07) is 0. The third kappa shape index (κ3) is 51.9. The van der Waals surface area contributed by atoms with E-state index < -0.39 is 6.10 Å².